The zero-order chi connectivity index (χ0) is 20.8. The van der Waals surface area contributed by atoms with Crippen LogP contribution in [0.25, 0.3) is 11.1 Å². The molecule has 0 aliphatic heterocycles. The second kappa shape index (κ2) is 9.32. The topological polar surface area (TPSA) is 12.4 Å². The second-order valence-electron chi connectivity index (χ2n) is 6.60. The van der Waals surface area contributed by atoms with Gasteiger partial charge in [0, 0.05) is 17.8 Å². The van der Waals surface area contributed by atoms with Crippen LogP contribution < -0.4 is 0 Å². The van der Waals surface area contributed by atoms with Crippen molar-refractivity contribution in [3.05, 3.63) is 102 Å². The molecule has 0 atom stereocenters. The van der Waals surface area contributed by atoms with E-state index in [1.54, 1.807) is 6.21 Å². The zero-order valence-electron chi connectivity index (χ0n) is 15.6. The molecule has 3 aromatic rings. The van der Waals surface area contributed by atoms with Crippen molar-refractivity contribution in [2.45, 2.75) is 19.3 Å². The maximum absolute atomic E-state index is 14.4. The van der Waals surface area contributed by atoms with Gasteiger partial charge in [-0.15, -0.1) is 6.58 Å². The predicted molar refractivity (Wildman–Crippen MR) is 109 cm³/mol. The Morgan fingerprint density at radius 3 is 2.14 bits per heavy atom. The first kappa shape index (κ1) is 20.5. The molecular weight excluding hydrogens is 378 g/mol. The number of aryl methyl sites for hydroxylation is 1. The van der Waals surface area contributed by atoms with Crippen LogP contribution in [0.1, 0.15) is 24.0 Å². The van der Waals surface area contributed by atoms with Crippen molar-refractivity contribution in [3.8, 4) is 11.1 Å². The number of hydrogen-bond donors (Lipinski definition) is 0. The summed E-state index contributed by atoms with van der Waals surface area (Å²) in [5.41, 5.74) is 2.32. The van der Waals surface area contributed by atoms with Crippen LogP contribution in [0.4, 0.5) is 23.2 Å². The molecule has 0 heterocycles. The first-order valence-electron chi connectivity index (χ1n) is 9.16. The lowest BCUT2D eigenvalue weighted by Gasteiger charge is -2.06. The summed E-state index contributed by atoms with van der Waals surface area (Å²) in [7, 11) is 0. The summed E-state index contributed by atoms with van der Waals surface area (Å²) in [6.07, 6.45) is 6.50. The number of benzene rings is 3. The number of hydrogen-bond acceptors (Lipinski definition) is 1. The molecule has 3 rings (SSSR count). The molecule has 0 saturated heterocycles. The van der Waals surface area contributed by atoms with E-state index in [0.717, 1.165) is 43.0 Å². The normalized spacial score (nSPS) is 11.2. The third-order valence-electron chi connectivity index (χ3n) is 4.46. The summed E-state index contributed by atoms with van der Waals surface area (Å²) in [6, 6.07) is 13.5. The van der Waals surface area contributed by atoms with Gasteiger partial charge in [-0.05, 0) is 60.2 Å². The van der Waals surface area contributed by atoms with Crippen molar-refractivity contribution in [2.75, 3.05) is 0 Å². The van der Waals surface area contributed by atoms with Gasteiger partial charge in [0.1, 0.15) is 5.82 Å². The lowest BCUT2D eigenvalue weighted by atomic mass is 10.0. The monoisotopic (exact) mass is 397 g/mol. The van der Waals surface area contributed by atoms with Gasteiger partial charge in [-0.2, -0.15) is 0 Å². The van der Waals surface area contributed by atoms with E-state index in [1.165, 1.54) is 17.7 Å². The van der Waals surface area contributed by atoms with E-state index in [9.17, 15) is 17.6 Å². The highest BCUT2D eigenvalue weighted by atomic mass is 19.2. The molecule has 0 saturated carbocycles. The zero-order valence-corrected chi connectivity index (χ0v) is 15.6. The minimum Gasteiger partial charge on any atom is -0.256 e. The van der Waals surface area contributed by atoms with Gasteiger partial charge in [-0.25, -0.2) is 17.6 Å². The molecule has 0 aromatic heterocycles. The van der Waals surface area contributed by atoms with Gasteiger partial charge in [0.15, 0.2) is 17.5 Å². The Morgan fingerprint density at radius 2 is 1.52 bits per heavy atom. The first-order chi connectivity index (χ1) is 14.0. The van der Waals surface area contributed by atoms with E-state index in [1.807, 2.05) is 30.3 Å². The van der Waals surface area contributed by atoms with Crippen LogP contribution in [0.2, 0.25) is 0 Å². The van der Waals surface area contributed by atoms with E-state index in [2.05, 4.69) is 11.6 Å². The van der Waals surface area contributed by atoms with Crippen LogP contribution in [-0.2, 0) is 6.42 Å². The summed E-state index contributed by atoms with van der Waals surface area (Å²) < 4.78 is 54.3. The highest BCUT2D eigenvalue weighted by Crippen LogP contribution is 2.28. The first-order valence-corrected chi connectivity index (χ1v) is 9.16. The lowest BCUT2D eigenvalue weighted by Crippen LogP contribution is -1.93. The number of unbranched alkanes of at least 4 members (excludes halogenated alkanes) is 1. The lowest BCUT2D eigenvalue weighted by molar-refractivity contribution is 0.447. The van der Waals surface area contributed by atoms with Crippen molar-refractivity contribution in [1.29, 1.82) is 0 Å². The molecular formula is C24H19F4N. The number of halogens is 4. The molecule has 0 spiro atoms. The molecule has 0 bridgehead atoms. The second-order valence-corrected chi connectivity index (χ2v) is 6.60. The van der Waals surface area contributed by atoms with Crippen molar-refractivity contribution in [2.24, 2.45) is 4.99 Å². The van der Waals surface area contributed by atoms with Crippen LogP contribution in [0.5, 0.6) is 0 Å². The van der Waals surface area contributed by atoms with Gasteiger partial charge in [0.2, 0.25) is 0 Å². The smallest absolute Gasteiger partial charge is 0.194 e. The highest BCUT2D eigenvalue weighted by Gasteiger charge is 2.14. The Bertz CT molecular complexity index is 1020. The fraction of sp³-hybridized carbons (Fsp3) is 0.125. The van der Waals surface area contributed by atoms with E-state index in [0.29, 0.717) is 5.69 Å². The van der Waals surface area contributed by atoms with Gasteiger partial charge < -0.3 is 0 Å². The molecule has 0 aliphatic rings. The van der Waals surface area contributed by atoms with E-state index < -0.39 is 23.3 Å². The fourth-order valence-electron chi connectivity index (χ4n) is 2.90. The number of aliphatic imine (C=N–C) groups is 1. The van der Waals surface area contributed by atoms with Crippen LogP contribution in [-0.4, -0.2) is 6.21 Å². The maximum Gasteiger partial charge on any atom is 0.194 e. The van der Waals surface area contributed by atoms with Gasteiger partial charge in [0.25, 0.3) is 0 Å². The predicted octanol–water partition coefficient (Wildman–Crippen LogP) is 7.17. The quantitative estimate of drug-likeness (QED) is 0.132. The summed E-state index contributed by atoms with van der Waals surface area (Å²) in [4.78, 5) is 4.24. The third-order valence-corrected chi connectivity index (χ3v) is 4.46. The Morgan fingerprint density at radius 1 is 0.828 bits per heavy atom. The Balaban J connectivity index is 1.74. The van der Waals surface area contributed by atoms with Crippen LogP contribution in [0, 0.1) is 23.3 Å². The molecule has 0 radical (unpaired) electrons. The molecule has 0 fully saturated rings. The highest BCUT2D eigenvalue weighted by molar-refractivity contribution is 5.82. The fourth-order valence-corrected chi connectivity index (χ4v) is 2.90. The molecule has 0 unspecified atom stereocenters. The standard InChI is InChI=1S/C24H19F4N/c1-2-3-4-5-16-6-8-17(9-7-16)15-29-19-10-11-20(21(25)14-19)18-12-22(26)24(28)23(27)13-18/h2,6-15H,1,3-5H2. The third kappa shape index (κ3) is 5.19. The van der Waals surface area contributed by atoms with E-state index in [-0.39, 0.29) is 11.1 Å². The van der Waals surface area contributed by atoms with Crippen LogP contribution >= 0.6 is 0 Å². The maximum atomic E-state index is 14.4. The largest absolute Gasteiger partial charge is 0.256 e. The SMILES string of the molecule is C=CCCCc1ccc(C=Nc2ccc(-c3cc(F)c(F)c(F)c3)c(F)c2)cc1. The Kier molecular flexibility index (Phi) is 6.60. The molecule has 1 nitrogen and oxygen atoms in total. The molecule has 3 aromatic carbocycles. The van der Waals surface area contributed by atoms with Crippen LogP contribution in [0.3, 0.4) is 0 Å². The van der Waals surface area contributed by atoms with Crippen molar-refractivity contribution in [1.82, 2.24) is 0 Å². The van der Waals surface area contributed by atoms with Crippen molar-refractivity contribution in [3.63, 3.8) is 0 Å². The van der Waals surface area contributed by atoms with Gasteiger partial charge in [-0.1, -0.05) is 30.3 Å². The summed E-state index contributed by atoms with van der Waals surface area (Å²) in [6.45, 7) is 3.71. The van der Waals surface area contributed by atoms with Gasteiger partial charge in [-0.3, -0.25) is 4.99 Å². The molecule has 148 valence electrons. The van der Waals surface area contributed by atoms with E-state index in [4.69, 9.17) is 0 Å². The average Bonchev–Trinajstić information content (AvgIpc) is 2.71. The Hall–Kier alpha value is -3.21. The van der Waals surface area contributed by atoms with Crippen molar-refractivity contribution < 1.29 is 17.6 Å². The number of rotatable bonds is 7. The van der Waals surface area contributed by atoms with Gasteiger partial charge >= 0.3 is 0 Å². The average molecular weight is 397 g/mol. The molecule has 0 aliphatic carbocycles. The summed E-state index contributed by atoms with van der Waals surface area (Å²) >= 11 is 0. The van der Waals surface area contributed by atoms with Gasteiger partial charge in [0.05, 0.1) is 5.69 Å². The minimum atomic E-state index is -1.58. The molecule has 0 N–H and O–H groups in total. The molecule has 0 amide bonds. The summed E-state index contributed by atoms with van der Waals surface area (Å²) in [5, 5.41) is 0. The number of allylic oxidation sites excluding steroid dienone is 1. The minimum absolute atomic E-state index is 0.0365. The summed E-state index contributed by atoms with van der Waals surface area (Å²) in [5.74, 6) is -5.02. The number of nitrogens with zero attached hydrogens (tertiary/aromatic N) is 1. The molecule has 5 heteroatoms. The van der Waals surface area contributed by atoms with E-state index >= 15 is 0 Å². The van der Waals surface area contributed by atoms with Crippen molar-refractivity contribution >= 4 is 11.9 Å². The Labute approximate surface area is 167 Å². The molecule has 29 heavy (non-hydrogen) atoms. The van der Waals surface area contributed by atoms with Crippen LogP contribution in [0.15, 0.2) is 72.2 Å².